The first kappa shape index (κ1) is 26.4. The Morgan fingerprint density at radius 2 is 1.97 bits per heavy atom. The van der Waals surface area contributed by atoms with E-state index in [1.165, 1.54) is 6.08 Å². The van der Waals surface area contributed by atoms with Gasteiger partial charge >= 0.3 is 0 Å². The van der Waals surface area contributed by atoms with Crippen molar-refractivity contribution >= 4 is 51.6 Å². The molecule has 1 fully saturated rings. The van der Waals surface area contributed by atoms with Gasteiger partial charge in [-0.2, -0.15) is 10.1 Å². The predicted octanol–water partition coefficient (Wildman–Crippen LogP) is 4.02. The molecular weight excluding hydrogens is 520 g/mol. The van der Waals surface area contributed by atoms with Crippen molar-refractivity contribution in [2.24, 2.45) is 0 Å². The van der Waals surface area contributed by atoms with E-state index in [9.17, 15) is 9.90 Å². The number of rotatable bonds is 8. The van der Waals surface area contributed by atoms with E-state index in [-0.39, 0.29) is 11.7 Å². The van der Waals surface area contributed by atoms with Gasteiger partial charge in [-0.25, -0.2) is 4.98 Å². The molecule has 5 rings (SSSR count). The number of nitrogens with one attached hydrogen (secondary N) is 3. The standard InChI is InChI=1S/C27H29ClN8O3/c1-35(2)9-3-4-24(38)30-17-5-7-21(28)19(14-17)25-20-16-29-34-26(20)33-27(32-25)31-18-6-8-23(37)22(15-18)36-10-12-39-13-11-36/h3-8,14-16,37H,9-13H2,1-2H3,(H,30,38)(H2,29,31,32,33,34)/b4-3+. The zero-order chi connectivity index (χ0) is 27.4. The van der Waals surface area contributed by atoms with Gasteiger partial charge < -0.3 is 30.3 Å². The maximum absolute atomic E-state index is 12.4. The monoisotopic (exact) mass is 548 g/mol. The normalized spacial score (nSPS) is 13.9. The number of phenols is 1. The molecule has 39 heavy (non-hydrogen) atoms. The highest BCUT2D eigenvalue weighted by Gasteiger charge is 2.18. The average Bonchev–Trinajstić information content (AvgIpc) is 3.39. The van der Waals surface area contributed by atoms with Crippen LogP contribution in [0.15, 0.2) is 54.7 Å². The highest BCUT2D eigenvalue weighted by Crippen LogP contribution is 2.35. The number of fused-ring (bicyclic) bond motifs is 1. The van der Waals surface area contributed by atoms with Crippen LogP contribution >= 0.6 is 11.6 Å². The summed E-state index contributed by atoms with van der Waals surface area (Å²) in [6.07, 6.45) is 4.92. The molecular formula is C27H29ClN8O3. The van der Waals surface area contributed by atoms with Gasteiger partial charge in [-0.15, -0.1) is 0 Å². The Morgan fingerprint density at radius 3 is 2.77 bits per heavy atom. The lowest BCUT2D eigenvalue weighted by atomic mass is 10.1. The van der Waals surface area contributed by atoms with E-state index in [0.717, 1.165) is 0 Å². The maximum atomic E-state index is 12.4. The Bertz CT molecular complexity index is 1510. The lowest BCUT2D eigenvalue weighted by molar-refractivity contribution is -0.111. The molecule has 0 aliphatic carbocycles. The van der Waals surface area contributed by atoms with Crippen LogP contribution < -0.4 is 15.5 Å². The molecule has 1 aliphatic heterocycles. The van der Waals surface area contributed by atoms with Crippen LogP contribution in [0.25, 0.3) is 22.3 Å². The Hall–Kier alpha value is -4.19. The van der Waals surface area contributed by atoms with Crippen LogP contribution in [0.2, 0.25) is 5.02 Å². The summed E-state index contributed by atoms with van der Waals surface area (Å²) in [6.45, 7) is 3.24. The number of amides is 1. The number of halogens is 1. The molecule has 0 radical (unpaired) electrons. The molecule has 11 nitrogen and oxygen atoms in total. The number of ether oxygens (including phenoxy) is 1. The number of hydrogen-bond acceptors (Lipinski definition) is 9. The van der Waals surface area contributed by atoms with Crippen molar-refractivity contribution in [2.45, 2.75) is 0 Å². The van der Waals surface area contributed by atoms with Gasteiger partial charge in [-0.3, -0.25) is 9.89 Å². The number of morpholine rings is 1. The first-order valence-electron chi connectivity index (χ1n) is 12.4. The van der Waals surface area contributed by atoms with E-state index in [2.05, 4.69) is 30.7 Å². The number of benzene rings is 2. The molecule has 4 aromatic rings. The van der Waals surface area contributed by atoms with E-state index in [1.807, 2.05) is 25.1 Å². The maximum Gasteiger partial charge on any atom is 0.248 e. The van der Waals surface area contributed by atoms with Gasteiger partial charge in [-0.05, 0) is 50.5 Å². The number of likely N-dealkylation sites (N-methyl/N-ethyl adjacent to an activating group) is 1. The molecule has 2 aromatic carbocycles. The van der Waals surface area contributed by atoms with Crippen LogP contribution in [0, 0.1) is 0 Å². The van der Waals surface area contributed by atoms with E-state index >= 15 is 0 Å². The number of carbonyl (C=O) groups is 1. The van der Waals surface area contributed by atoms with E-state index in [4.69, 9.17) is 21.3 Å². The molecule has 12 heteroatoms. The number of carbonyl (C=O) groups excluding carboxylic acids is 1. The number of H-pyrrole nitrogens is 1. The van der Waals surface area contributed by atoms with Crippen molar-refractivity contribution in [3.8, 4) is 17.0 Å². The Morgan fingerprint density at radius 1 is 1.18 bits per heavy atom. The van der Waals surface area contributed by atoms with E-state index in [0.29, 0.717) is 83.2 Å². The Labute approximate surface area is 230 Å². The summed E-state index contributed by atoms with van der Waals surface area (Å²) >= 11 is 6.60. The van der Waals surface area contributed by atoms with Crippen LogP contribution in [0.5, 0.6) is 5.75 Å². The summed E-state index contributed by atoms with van der Waals surface area (Å²) in [5, 5.41) is 24.7. The smallest absolute Gasteiger partial charge is 0.248 e. The summed E-state index contributed by atoms with van der Waals surface area (Å²) in [5.74, 6) is 0.264. The van der Waals surface area contributed by atoms with Crippen molar-refractivity contribution in [2.75, 3.05) is 62.5 Å². The molecule has 2 aromatic heterocycles. The molecule has 0 bridgehead atoms. The van der Waals surface area contributed by atoms with Crippen molar-refractivity contribution in [1.29, 1.82) is 0 Å². The van der Waals surface area contributed by atoms with E-state index in [1.54, 1.807) is 42.6 Å². The van der Waals surface area contributed by atoms with Gasteiger partial charge in [-0.1, -0.05) is 17.7 Å². The summed E-state index contributed by atoms with van der Waals surface area (Å²) in [6, 6.07) is 10.5. The zero-order valence-electron chi connectivity index (χ0n) is 21.6. The van der Waals surface area contributed by atoms with Crippen LogP contribution in [-0.4, -0.2) is 83.0 Å². The zero-order valence-corrected chi connectivity index (χ0v) is 22.4. The Kier molecular flexibility index (Phi) is 7.92. The summed E-state index contributed by atoms with van der Waals surface area (Å²) in [4.78, 5) is 25.8. The molecule has 0 atom stereocenters. The topological polar surface area (TPSA) is 132 Å². The Balaban J connectivity index is 1.45. The third kappa shape index (κ3) is 6.28. The molecule has 0 unspecified atom stereocenters. The second-order valence-electron chi connectivity index (χ2n) is 9.30. The SMILES string of the molecule is CN(C)C/C=C/C(=O)Nc1ccc(Cl)c(-c2nc(Nc3ccc(O)c(N4CCOCC4)c3)nc3[nH]ncc23)c1. The van der Waals surface area contributed by atoms with Crippen LogP contribution in [-0.2, 0) is 9.53 Å². The van der Waals surface area contributed by atoms with Gasteiger partial charge in [0, 0.05) is 42.6 Å². The summed E-state index contributed by atoms with van der Waals surface area (Å²) in [5.41, 5.74) is 3.67. The first-order chi connectivity index (χ1) is 18.9. The van der Waals surface area contributed by atoms with Crippen LogP contribution in [0.3, 0.4) is 0 Å². The number of aromatic nitrogens is 4. The lowest BCUT2D eigenvalue weighted by Crippen LogP contribution is -2.36. The van der Waals surface area contributed by atoms with Gasteiger partial charge in [0.15, 0.2) is 5.65 Å². The number of hydrogen-bond donors (Lipinski definition) is 4. The minimum atomic E-state index is -0.243. The highest BCUT2D eigenvalue weighted by atomic mass is 35.5. The van der Waals surface area contributed by atoms with Crippen molar-refractivity contribution in [3.63, 3.8) is 0 Å². The molecule has 0 spiro atoms. The number of aromatic hydroxyl groups is 1. The predicted molar refractivity (Wildman–Crippen MR) is 153 cm³/mol. The number of nitrogens with zero attached hydrogens (tertiary/aromatic N) is 5. The molecule has 3 heterocycles. The fourth-order valence-electron chi connectivity index (χ4n) is 4.22. The average molecular weight is 549 g/mol. The van der Waals surface area contributed by atoms with Crippen molar-refractivity contribution in [3.05, 3.63) is 59.8 Å². The number of aromatic amines is 1. The molecule has 0 saturated carbocycles. The quantitative estimate of drug-likeness (QED) is 0.190. The van der Waals surface area contributed by atoms with Gasteiger partial charge in [0.05, 0.1) is 41.2 Å². The van der Waals surface area contributed by atoms with Crippen molar-refractivity contribution < 1.29 is 14.6 Å². The van der Waals surface area contributed by atoms with Crippen LogP contribution in [0.4, 0.5) is 23.0 Å². The summed E-state index contributed by atoms with van der Waals surface area (Å²) < 4.78 is 5.43. The summed E-state index contributed by atoms with van der Waals surface area (Å²) in [7, 11) is 3.86. The second-order valence-corrected chi connectivity index (χ2v) is 9.71. The fraction of sp³-hybridized carbons (Fsp3) is 0.259. The lowest BCUT2D eigenvalue weighted by Gasteiger charge is -2.29. The third-order valence-corrected chi connectivity index (χ3v) is 6.45. The van der Waals surface area contributed by atoms with Gasteiger partial charge in [0.1, 0.15) is 5.75 Å². The molecule has 202 valence electrons. The number of phenolic OH excluding ortho intramolecular Hbond substituents is 1. The highest BCUT2D eigenvalue weighted by molar-refractivity contribution is 6.33. The van der Waals surface area contributed by atoms with E-state index < -0.39 is 0 Å². The van der Waals surface area contributed by atoms with Gasteiger partial charge in [0.2, 0.25) is 11.9 Å². The van der Waals surface area contributed by atoms with Crippen LogP contribution in [0.1, 0.15) is 0 Å². The largest absolute Gasteiger partial charge is 0.506 e. The first-order valence-corrected chi connectivity index (χ1v) is 12.8. The minimum absolute atomic E-state index is 0.190. The van der Waals surface area contributed by atoms with Crippen molar-refractivity contribution in [1.82, 2.24) is 25.1 Å². The molecule has 4 N–H and O–H groups in total. The van der Waals surface area contributed by atoms with Gasteiger partial charge in [0.25, 0.3) is 0 Å². The minimum Gasteiger partial charge on any atom is -0.506 e. The fourth-order valence-corrected chi connectivity index (χ4v) is 4.43. The molecule has 1 saturated heterocycles. The molecule has 1 amide bonds. The molecule has 1 aliphatic rings. The second kappa shape index (κ2) is 11.7. The number of anilines is 4. The third-order valence-electron chi connectivity index (χ3n) is 6.12.